The van der Waals surface area contributed by atoms with E-state index in [0.717, 1.165) is 22.2 Å². The van der Waals surface area contributed by atoms with Gasteiger partial charge in [0.1, 0.15) is 29.4 Å². The van der Waals surface area contributed by atoms with Crippen LogP contribution in [-0.4, -0.2) is 33.8 Å². The largest absolute Gasteiger partial charge is 0.496 e. The average Bonchev–Trinajstić information content (AvgIpc) is 3.17. The van der Waals surface area contributed by atoms with Crippen LogP contribution >= 0.6 is 0 Å². The first-order chi connectivity index (χ1) is 13.7. The summed E-state index contributed by atoms with van der Waals surface area (Å²) < 4.78 is 18.8. The Morgan fingerprint density at radius 1 is 1.14 bits per heavy atom. The number of fused-ring (bicyclic) bond motifs is 1. The molecule has 0 amide bonds. The van der Waals surface area contributed by atoms with E-state index >= 15 is 0 Å². The van der Waals surface area contributed by atoms with Crippen LogP contribution in [0.25, 0.3) is 22.3 Å². The number of aliphatic hydroxyl groups is 1. The Morgan fingerprint density at radius 2 is 1.96 bits per heavy atom. The van der Waals surface area contributed by atoms with Gasteiger partial charge in [-0.1, -0.05) is 30.3 Å². The second-order valence-corrected chi connectivity index (χ2v) is 6.30. The Kier molecular flexibility index (Phi) is 4.90. The normalized spacial score (nSPS) is 12.1. The molecule has 7 heteroatoms. The number of H-pyrrole nitrogens is 1. The number of benzene rings is 2. The molecule has 0 aliphatic heterocycles. The molecule has 0 fully saturated rings. The second kappa shape index (κ2) is 7.66. The number of aromatic amines is 1. The SMILES string of the molecule is COc1cc(F)ccc1-c1cc2c(NC(CO)c3ccccc3)ncnc2[nH]1. The number of methoxy groups -OCH3 is 1. The van der Waals surface area contributed by atoms with Crippen LogP contribution in [0.3, 0.4) is 0 Å². The molecule has 0 aliphatic rings. The van der Waals surface area contributed by atoms with Crippen LogP contribution in [0.2, 0.25) is 0 Å². The minimum atomic E-state index is -0.368. The highest BCUT2D eigenvalue weighted by molar-refractivity contribution is 5.92. The van der Waals surface area contributed by atoms with E-state index in [1.807, 2.05) is 36.4 Å². The van der Waals surface area contributed by atoms with Crippen LogP contribution in [0.4, 0.5) is 10.2 Å². The summed E-state index contributed by atoms with van der Waals surface area (Å²) in [5.74, 6) is 0.649. The lowest BCUT2D eigenvalue weighted by molar-refractivity contribution is 0.276. The fraction of sp³-hybridized carbons (Fsp3) is 0.143. The number of nitrogens with zero attached hydrogens (tertiary/aromatic N) is 2. The Hall–Kier alpha value is -3.45. The van der Waals surface area contributed by atoms with Crippen LogP contribution in [0.5, 0.6) is 5.75 Å². The summed E-state index contributed by atoms with van der Waals surface area (Å²) in [7, 11) is 1.50. The van der Waals surface area contributed by atoms with Crippen LogP contribution in [0.15, 0.2) is 60.9 Å². The lowest BCUT2D eigenvalue weighted by Crippen LogP contribution is -2.15. The summed E-state index contributed by atoms with van der Waals surface area (Å²) in [4.78, 5) is 11.8. The van der Waals surface area contributed by atoms with E-state index in [1.54, 1.807) is 6.07 Å². The number of aliphatic hydroxyl groups excluding tert-OH is 1. The minimum Gasteiger partial charge on any atom is -0.496 e. The molecule has 0 radical (unpaired) electrons. The number of ether oxygens (including phenoxy) is 1. The Labute approximate surface area is 161 Å². The Balaban J connectivity index is 1.74. The maximum atomic E-state index is 13.5. The van der Waals surface area contributed by atoms with Gasteiger partial charge in [-0.15, -0.1) is 0 Å². The van der Waals surface area contributed by atoms with Crippen LogP contribution < -0.4 is 10.1 Å². The first-order valence-electron chi connectivity index (χ1n) is 8.79. The molecule has 1 atom stereocenters. The van der Waals surface area contributed by atoms with Crippen molar-refractivity contribution < 1.29 is 14.2 Å². The summed E-state index contributed by atoms with van der Waals surface area (Å²) in [6, 6.07) is 15.6. The zero-order valence-corrected chi connectivity index (χ0v) is 15.2. The first-order valence-corrected chi connectivity index (χ1v) is 8.79. The van der Waals surface area contributed by atoms with Crippen molar-refractivity contribution in [3.05, 3.63) is 72.3 Å². The molecule has 6 nitrogen and oxygen atoms in total. The van der Waals surface area contributed by atoms with E-state index in [0.29, 0.717) is 17.2 Å². The maximum absolute atomic E-state index is 13.5. The fourth-order valence-corrected chi connectivity index (χ4v) is 3.17. The molecule has 0 saturated carbocycles. The molecule has 2 aromatic heterocycles. The van der Waals surface area contributed by atoms with Crippen LogP contribution in [-0.2, 0) is 0 Å². The standard InChI is InChI=1S/C21H19FN4O2/c1-28-19-9-14(22)7-8-15(19)17-10-16-20(25-17)23-12-24-21(16)26-18(11-27)13-5-3-2-4-6-13/h2-10,12,18,27H,11H2,1H3,(H2,23,24,25,26). The molecule has 4 rings (SSSR count). The monoisotopic (exact) mass is 378 g/mol. The van der Waals surface area contributed by atoms with Gasteiger partial charge in [-0.05, 0) is 23.8 Å². The molecule has 142 valence electrons. The van der Waals surface area contributed by atoms with Gasteiger partial charge in [0.05, 0.1) is 30.8 Å². The molecule has 0 saturated heterocycles. The highest BCUT2D eigenvalue weighted by atomic mass is 19.1. The van der Waals surface area contributed by atoms with Gasteiger partial charge in [0.15, 0.2) is 0 Å². The third kappa shape index (κ3) is 3.39. The summed E-state index contributed by atoms with van der Waals surface area (Å²) in [5, 5.41) is 13.9. The summed E-state index contributed by atoms with van der Waals surface area (Å²) in [6.45, 7) is -0.0847. The quantitative estimate of drug-likeness (QED) is 0.474. The van der Waals surface area contributed by atoms with Gasteiger partial charge >= 0.3 is 0 Å². The van der Waals surface area contributed by atoms with Crippen molar-refractivity contribution in [2.24, 2.45) is 0 Å². The molecular formula is C21H19FN4O2. The first kappa shape index (κ1) is 17.9. The predicted molar refractivity (Wildman–Crippen MR) is 106 cm³/mol. The molecule has 2 aromatic carbocycles. The molecule has 3 N–H and O–H groups in total. The highest BCUT2D eigenvalue weighted by Crippen LogP contribution is 2.34. The predicted octanol–water partition coefficient (Wildman–Crippen LogP) is 3.92. The third-order valence-electron chi connectivity index (χ3n) is 4.57. The van der Waals surface area contributed by atoms with Crippen molar-refractivity contribution in [1.29, 1.82) is 0 Å². The van der Waals surface area contributed by atoms with Crippen molar-refractivity contribution in [2.45, 2.75) is 6.04 Å². The summed E-state index contributed by atoms with van der Waals surface area (Å²) >= 11 is 0. The Bertz CT molecular complexity index is 1100. The number of rotatable bonds is 6. The highest BCUT2D eigenvalue weighted by Gasteiger charge is 2.16. The van der Waals surface area contributed by atoms with Gasteiger partial charge in [-0.25, -0.2) is 14.4 Å². The average molecular weight is 378 g/mol. The third-order valence-corrected chi connectivity index (χ3v) is 4.57. The zero-order valence-electron chi connectivity index (χ0n) is 15.2. The van der Waals surface area contributed by atoms with E-state index in [9.17, 15) is 9.50 Å². The number of nitrogens with one attached hydrogen (secondary N) is 2. The molecule has 2 heterocycles. The molecular weight excluding hydrogens is 359 g/mol. The van der Waals surface area contributed by atoms with Gasteiger partial charge in [-0.3, -0.25) is 0 Å². The molecule has 0 bridgehead atoms. The van der Waals surface area contributed by atoms with Gasteiger partial charge in [-0.2, -0.15) is 0 Å². The molecule has 1 unspecified atom stereocenters. The van der Waals surface area contributed by atoms with E-state index in [4.69, 9.17) is 4.74 Å². The maximum Gasteiger partial charge on any atom is 0.143 e. The lowest BCUT2D eigenvalue weighted by Gasteiger charge is -2.17. The number of aromatic nitrogens is 3. The Morgan fingerprint density at radius 3 is 2.71 bits per heavy atom. The van der Waals surface area contributed by atoms with E-state index in [1.165, 1.54) is 25.6 Å². The molecule has 0 aliphatic carbocycles. The summed E-state index contributed by atoms with van der Waals surface area (Å²) in [5.41, 5.74) is 3.03. The van der Waals surface area contributed by atoms with E-state index in [-0.39, 0.29) is 18.5 Å². The molecule has 28 heavy (non-hydrogen) atoms. The zero-order chi connectivity index (χ0) is 19.5. The van der Waals surface area contributed by atoms with Crippen molar-refractivity contribution >= 4 is 16.9 Å². The van der Waals surface area contributed by atoms with Crippen molar-refractivity contribution in [1.82, 2.24) is 15.0 Å². The fourth-order valence-electron chi connectivity index (χ4n) is 3.17. The van der Waals surface area contributed by atoms with Gasteiger partial charge in [0.25, 0.3) is 0 Å². The summed E-state index contributed by atoms with van der Waals surface area (Å²) in [6.07, 6.45) is 1.45. The van der Waals surface area contributed by atoms with E-state index < -0.39 is 0 Å². The number of hydrogen-bond donors (Lipinski definition) is 3. The number of anilines is 1. The van der Waals surface area contributed by atoms with Crippen molar-refractivity contribution in [3.63, 3.8) is 0 Å². The van der Waals surface area contributed by atoms with Gasteiger partial charge in [0.2, 0.25) is 0 Å². The van der Waals surface area contributed by atoms with Crippen molar-refractivity contribution in [2.75, 3.05) is 19.0 Å². The minimum absolute atomic E-state index is 0.0847. The van der Waals surface area contributed by atoms with Gasteiger partial charge in [0, 0.05) is 11.6 Å². The number of hydrogen-bond acceptors (Lipinski definition) is 5. The van der Waals surface area contributed by atoms with Gasteiger partial charge < -0.3 is 20.1 Å². The number of halogens is 1. The lowest BCUT2D eigenvalue weighted by atomic mass is 10.1. The second-order valence-electron chi connectivity index (χ2n) is 6.30. The van der Waals surface area contributed by atoms with Crippen molar-refractivity contribution in [3.8, 4) is 17.0 Å². The van der Waals surface area contributed by atoms with Crippen LogP contribution in [0.1, 0.15) is 11.6 Å². The molecule has 0 spiro atoms. The smallest absolute Gasteiger partial charge is 0.143 e. The van der Waals surface area contributed by atoms with Crippen LogP contribution in [0, 0.1) is 5.82 Å². The topological polar surface area (TPSA) is 83.1 Å². The molecule has 4 aromatic rings. The van der Waals surface area contributed by atoms with E-state index in [2.05, 4.69) is 20.3 Å².